The van der Waals surface area contributed by atoms with Crippen LogP contribution in [0.4, 0.5) is 13.2 Å². The topological polar surface area (TPSA) is 47.6 Å². The Labute approximate surface area is 123 Å². The van der Waals surface area contributed by atoms with Crippen LogP contribution in [0.15, 0.2) is 0 Å². The molecule has 21 heavy (non-hydrogen) atoms. The van der Waals surface area contributed by atoms with Gasteiger partial charge in [0.2, 0.25) is 0 Å². The van der Waals surface area contributed by atoms with E-state index in [4.69, 9.17) is 9.47 Å². The zero-order chi connectivity index (χ0) is 15.9. The Morgan fingerprint density at radius 2 is 2.14 bits per heavy atom. The fourth-order valence-electron chi connectivity index (χ4n) is 2.64. The number of esters is 1. The average Bonchev–Trinajstić information content (AvgIpc) is 2.84. The van der Waals surface area contributed by atoms with E-state index >= 15 is 0 Å². The lowest BCUT2D eigenvalue weighted by Gasteiger charge is -2.27. The van der Waals surface area contributed by atoms with Crippen LogP contribution in [0.2, 0.25) is 0 Å². The van der Waals surface area contributed by atoms with Gasteiger partial charge in [-0.25, -0.2) is 0 Å². The van der Waals surface area contributed by atoms with Gasteiger partial charge in [-0.05, 0) is 32.2 Å². The summed E-state index contributed by atoms with van der Waals surface area (Å²) < 4.78 is 46.5. The number of rotatable bonds is 8. The largest absolute Gasteiger partial charge is 0.468 e. The summed E-state index contributed by atoms with van der Waals surface area (Å²) in [6, 6.07) is 0. The normalized spacial score (nSPS) is 26.0. The van der Waals surface area contributed by atoms with Crippen molar-refractivity contribution in [2.45, 2.75) is 63.3 Å². The van der Waals surface area contributed by atoms with E-state index in [0.717, 1.165) is 6.42 Å². The summed E-state index contributed by atoms with van der Waals surface area (Å²) >= 11 is 0. The number of hydrogen-bond acceptors (Lipinski definition) is 4. The van der Waals surface area contributed by atoms with Crippen molar-refractivity contribution >= 4 is 5.97 Å². The first kappa shape index (κ1) is 18.2. The lowest BCUT2D eigenvalue weighted by atomic mass is 9.97. The van der Waals surface area contributed by atoms with E-state index in [0.29, 0.717) is 25.8 Å². The number of nitrogens with one attached hydrogen (secondary N) is 1. The van der Waals surface area contributed by atoms with Crippen molar-refractivity contribution in [3.8, 4) is 0 Å². The predicted octanol–water partition coefficient (Wildman–Crippen LogP) is 2.81. The minimum absolute atomic E-state index is 0.0480. The van der Waals surface area contributed by atoms with Crippen molar-refractivity contribution in [3.63, 3.8) is 0 Å². The standard InChI is InChI=1S/C14H24F3NO3/c1-3-8-18-13(12(19)20-2)7-5-11(10-13)21-9-4-6-14(15,16)17/h11,18H,3-10H2,1-2H3. The molecule has 7 heteroatoms. The maximum atomic E-state index is 12.0. The first-order chi connectivity index (χ1) is 9.83. The molecule has 1 aliphatic carbocycles. The molecule has 0 spiro atoms. The van der Waals surface area contributed by atoms with Crippen LogP contribution in [0, 0.1) is 0 Å². The highest BCUT2D eigenvalue weighted by Crippen LogP contribution is 2.33. The summed E-state index contributed by atoms with van der Waals surface area (Å²) in [6.07, 6.45) is -2.65. The van der Waals surface area contributed by atoms with Crippen molar-refractivity contribution in [1.82, 2.24) is 5.32 Å². The summed E-state index contributed by atoms with van der Waals surface area (Å²) in [5, 5.41) is 3.21. The smallest absolute Gasteiger partial charge is 0.389 e. The van der Waals surface area contributed by atoms with Gasteiger partial charge in [-0.15, -0.1) is 0 Å². The molecule has 2 atom stereocenters. The molecule has 0 bridgehead atoms. The average molecular weight is 311 g/mol. The Morgan fingerprint density at radius 1 is 1.43 bits per heavy atom. The molecule has 1 fully saturated rings. The Kier molecular flexibility index (Phi) is 6.93. The third-order valence-corrected chi connectivity index (χ3v) is 3.72. The molecule has 0 aromatic rings. The Balaban J connectivity index is 2.41. The molecule has 1 rings (SSSR count). The molecule has 0 aromatic carbocycles. The minimum atomic E-state index is -4.14. The highest BCUT2D eigenvalue weighted by molar-refractivity contribution is 5.81. The number of carbonyl (C=O) groups excluding carboxylic acids is 1. The molecule has 0 aromatic heterocycles. The van der Waals surface area contributed by atoms with Crippen molar-refractivity contribution in [2.75, 3.05) is 20.3 Å². The number of hydrogen-bond donors (Lipinski definition) is 1. The number of carbonyl (C=O) groups is 1. The minimum Gasteiger partial charge on any atom is -0.468 e. The zero-order valence-corrected chi connectivity index (χ0v) is 12.6. The van der Waals surface area contributed by atoms with Crippen LogP contribution in [0.25, 0.3) is 0 Å². The quantitative estimate of drug-likeness (QED) is 0.553. The van der Waals surface area contributed by atoms with Gasteiger partial charge < -0.3 is 14.8 Å². The lowest BCUT2D eigenvalue weighted by molar-refractivity contribution is -0.149. The number of alkyl halides is 3. The number of halogens is 3. The van der Waals surface area contributed by atoms with Crippen molar-refractivity contribution in [1.29, 1.82) is 0 Å². The van der Waals surface area contributed by atoms with Crippen LogP contribution < -0.4 is 5.32 Å². The molecular weight excluding hydrogens is 287 g/mol. The summed E-state index contributed by atoms with van der Waals surface area (Å²) in [5.41, 5.74) is -0.751. The molecule has 0 amide bonds. The van der Waals surface area contributed by atoms with Gasteiger partial charge in [-0.3, -0.25) is 4.79 Å². The number of ether oxygens (including phenoxy) is 2. The first-order valence-corrected chi connectivity index (χ1v) is 7.35. The van der Waals surface area contributed by atoms with Gasteiger partial charge in [-0.1, -0.05) is 6.92 Å². The summed E-state index contributed by atoms with van der Waals surface area (Å²) in [4.78, 5) is 12.0. The molecule has 2 unspecified atom stereocenters. The second kappa shape index (κ2) is 7.98. The lowest BCUT2D eigenvalue weighted by Crippen LogP contribution is -2.51. The zero-order valence-electron chi connectivity index (χ0n) is 12.6. The van der Waals surface area contributed by atoms with Gasteiger partial charge in [0.1, 0.15) is 5.54 Å². The SMILES string of the molecule is CCCNC1(C(=O)OC)CCC(OCCCC(F)(F)F)C1. The molecule has 124 valence electrons. The highest BCUT2D eigenvalue weighted by atomic mass is 19.4. The van der Waals surface area contributed by atoms with Crippen LogP contribution in [0.1, 0.15) is 45.4 Å². The molecule has 1 saturated carbocycles. The summed E-state index contributed by atoms with van der Waals surface area (Å²) in [7, 11) is 1.34. The van der Waals surface area contributed by atoms with Crippen molar-refractivity contribution in [2.24, 2.45) is 0 Å². The fourth-order valence-corrected chi connectivity index (χ4v) is 2.64. The molecule has 0 heterocycles. The van der Waals surface area contributed by atoms with Gasteiger partial charge in [-0.2, -0.15) is 13.2 Å². The second-order valence-electron chi connectivity index (χ2n) is 5.45. The summed E-state index contributed by atoms with van der Waals surface area (Å²) in [5.74, 6) is -0.322. The molecule has 1 N–H and O–H groups in total. The van der Waals surface area contributed by atoms with Gasteiger partial charge >= 0.3 is 12.1 Å². The Hall–Kier alpha value is -0.820. The second-order valence-corrected chi connectivity index (χ2v) is 5.45. The van der Waals surface area contributed by atoms with E-state index in [1.807, 2.05) is 6.92 Å². The van der Waals surface area contributed by atoms with Gasteiger partial charge in [0, 0.05) is 19.4 Å². The van der Waals surface area contributed by atoms with E-state index in [1.54, 1.807) is 0 Å². The van der Waals surface area contributed by atoms with E-state index < -0.39 is 18.1 Å². The van der Waals surface area contributed by atoms with Crippen LogP contribution in [-0.2, 0) is 14.3 Å². The van der Waals surface area contributed by atoms with E-state index in [-0.39, 0.29) is 25.1 Å². The van der Waals surface area contributed by atoms with E-state index in [1.165, 1.54) is 7.11 Å². The first-order valence-electron chi connectivity index (χ1n) is 7.35. The van der Waals surface area contributed by atoms with Crippen LogP contribution in [0.5, 0.6) is 0 Å². The third kappa shape index (κ3) is 5.82. The van der Waals surface area contributed by atoms with Crippen molar-refractivity contribution in [3.05, 3.63) is 0 Å². The maximum absolute atomic E-state index is 12.0. The van der Waals surface area contributed by atoms with E-state index in [9.17, 15) is 18.0 Å². The maximum Gasteiger partial charge on any atom is 0.389 e. The van der Waals surface area contributed by atoms with E-state index in [2.05, 4.69) is 5.32 Å². The Morgan fingerprint density at radius 3 is 2.71 bits per heavy atom. The van der Waals surface area contributed by atoms with Gasteiger partial charge in [0.15, 0.2) is 0 Å². The molecule has 1 aliphatic rings. The van der Waals surface area contributed by atoms with Crippen LogP contribution in [-0.4, -0.2) is 44.0 Å². The third-order valence-electron chi connectivity index (χ3n) is 3.72. The predicted molar refractivity (Wildman–Crippen MR) is 71.9 cm³/mol. The Bertz CT molecular complexity index is 336. The summed E-state index contributed by atoms with van der Waals surface area (Å²) in [6.45, 7) is 2.75. The van der Waals surface area contributed by atoms with Gasteiger partial charge in [0.25, 0.3) is 0 Å². The molecule has 4 nitrogen and oxygen atoms in total. The monoisotopic (exact) mass is 311 g/mol. The molecule has 0 aliphatic heterocycles. The van der Waals surface area contributed by atoms with Crippen LogP contribution >= 0.6 is 0 Å². The molecule has 0 radical (unpaired) electrons. The van der Waals surface area contributed by atoms with Gasteiger partial charge in [0.05, 0.1) is 13.2 Å². The van der Waals surface area contributed by atoms with Crippen molar-refractivity contribution < 1.29 is 27.4 Å². The fraction of sp³-hybridized carbons (Fsp3) is 0.929. The van der Waals surface area contributed by atoms with Crippen LogP contribution in [0.3, 0.4) is 0 Å². The molecule has 0 saturated heterocycles. The number of methoxy groups -OCH3 is 1. The highest BCUT2D eigenvalue weighted by Gasteiger charge is 2.46. The molecular formula is C14H24F3NO3.